The highest BCUT2D eigenvalue weighted by molar-refractivity contribution is 6.13. The number of nitrogens with zero attached hydrogens (tertiary/aromatic N) is 2. The van der Waals surface area contributed by atoms with Crippen LogP contribution in [0, 0.1) is 13.8 Å². The van der Waals surface area contributed by atoms with Gasteiger partial charge in [0.05, 0.1) is 12.6 Å². The summed E-state index contributed by atoms with van der Waals surface area (Å²) < 4.78 is 14.7. The van der Waals surface area contributed by atoms with Crippen molar-refractivity contribution in [2.45, 2.75) is 13.8 Å². The fourth-order valence-corrected chi connectivity index (χ4v) is 4.42. The van der Waals surface area contributed by atoms with Gasteiger partial charge in [-0.25, -0.2) is 4.57 Å². The molecule has 3 aromatic carbocycles. The quantitative estimate of drug-likeness (QED) is 0.346. The minimum absolute atomic E-state index is 0.844. The monoisotopic (exact) mass is 353 g/mol. The molecule has 4 nitrogen and oxygen atoms in total. The van der Waals surface area contributed by atoms with Gasteiger partial charge in [0.15, 0.2) is 11.2 Å². The summed E-state index contributed by atoms with van der Waals surface area (Å²) in [6.45, 7) is 4.24. The van der Waals surface area contributed by atoms with E-state index in [0.29, 0.717) is 0 Å². The molecule has 0 aliphatic carbocycles. The van der Waals surface area contributed by atoms with Gasteiger partial charge < -0.3 is 9.15 Å². The predicted molar refractivity (Wildman–Crippen MR) is 105 cm³/mol. The Morgan fingerprint density at radius 2 is 1.78 bits per heavy atom. The zero-order valence-electron chi connectivity index (χ0n) is 15.3. The normalized spacial score (nSPS) is 12.6. The molecule has 27 heavy (non-hydrogen) atoms. The first-order chi connectivity index (χ1) is 13.1. The van der Waals surface area contributed by atoms with Crippen LogP contribution in [0.1, 0.15) is 11.1 Å². The maximum absolute atomic E-state index is 6.41. The molecule has 6 rings (SSSR count). The van der Waals surface area contributed by atoms with Crippen LogP contribution in [-0.2, 0) is 7.05 Å². The topological polar surface area (TPSA) is 39.1 Å². The summed E-state index contributed by atoms with van der Waals surface area (Å²) in [5, 5.41) is 3.36. The van der Waals surface area contributed by atoms with Crippen LogP contribution in [0.25, 0.3) is 44.1 Å². The van der Waals surface area contributed by atoms with Crippen LogP contribution in [0.2, 0.25) is 0 Å². The van der Waals surface area contributed by atoms with Gasteiger partial charge in [0.25, 0.3) is 6.33 Å². The zero-order chi connectivity index (χ0) is 18.3. The third-order valence-electron chi connectivity index (χ3n) is 5.67. The first-order valence-electron chi connectivity index (χ1n) is 9.05. The largest absolute Gasteiger partial charge is 0.456 e. The molecule has 130 valence electrons. The van der Waals surface area contributed by atoms with E-state index in [1.54, 1.807) is 0 Å². The van der Waals surface area contributed by atoms with Crippen molar-refractivity contribution < 1.29 is 13.7 Å². The van der Waals surface area contributed by atoms with Crippen LogP contribution in [0.15, 0.2) is 53.2 Å². The first kappa shape index (κ1) is 14.7. The molecule has 0 N–H and O–H groups in total. The van der Waals surface area contributed by atoms with Crippen LogP contribution >= 0.6 is 0 Å². The van der Waals surface area contributed by atoms with Gasteiger partial charge in [0, 0.05) is 16.3 Å². The number of furan rings is 1. The van der Waals surface area contributed by atoms with Crippen molar-refractivity contribution in [3.8, 4) is 22.8 Å². The summed E-state index contributed by atoms with van der Waals surface area (Å²) in [5.41, 5.74) is 7.22. The highest BCUT2D eigenvalue weighted by Gasteiger charge is 2.32. The molecule has 0 unspecified atom stereocenters. The lowest BCUT2D eigenvalue weighted by Crippen LogP contribution is -2.33. The maximum Gasteiger partial charge on any atom is 0.287 e. The summed E-state index contributed by atoms with van der Waals surface area (Å²) in [5.74, 6) is 1.72. The third-order valence-corrected chi connectivity index (χ3v) is 5.67. The molecule has 3 heterocycles. The van der Waals surface area contributed by atoms with Crippen LogP contribution in [-0.4, -0.2) is 4.98 Å². The SMILES string of the molecule is Cc1c2c(c(C)c3c1oc1ccccc13)-c1c3c(cccc3nc[n+]1C)O2. The number of hydrogen-bond acceptors (Lipinski definition) is 3. The van der Waals surface area contributed by atoms with Gasteiger partial charge in [-0.3, -0.25) is 0 Å². The van der Waals surface area contributed by atoms with Gasteiger partial charge in [-0.15, -0.1) is 0 Å². The lowest BCUT2D eigenvalue weighted by molar-refractivity contribution is -0.662. The van der Waals surface area contributed by atoms with Gasteiger partial charge in [-0.1, -0.05) is 24.3 Å². The Morgan fingerprint density at radius 3 is 2.67 bits per heavy atom. The van der Waals surface area contributed by atoms with Crippen molar-refractivity contribution in [2.24, 2.45) is 7.05 Å². The van der Waals surface area contributed by atoms with Crippen molar-refractivity contribution in [1.29, 1.82) is 0 Å². The second-order valence-corrected chi connectivity index (χ2v) is 7.21. The average Bonchev–Trinajstić information content (AvgIpc) is 3.08. The number of fused-ring (bicyclic) bond motifs is 5. The molecular formula is C23H17N2O2+. The molecule has 0 bridgehead atoms. The molecular weight excluding hydrogens is 336 g/mol. The van der Waals surface area contributed by atoms with Gasteiger partial charge in [0.1, 0.15) is 28.1 Å². The summed E-state index contributed by atoms with van der Waals surface area (Å²) in [6, 6.07) is 14.2. The molecule has 0 spiro atoms. The van der Waals surface area contributed by atoms with E-state index in [2.05, 4.69) is 35.5 Å². The smallest absolute Gasteiger partial charge is 0.287 e. The van der Waals surface area contributed by atoms with Crippen LogP contribution in [0.3, 0.4) is 0 Å². The van der Waals surface area contributed by atoms with E-state index in [-0.39, 0.29) is 0 Å². The second kappa shape index (κ2) is 4.86. The Bertz CT molecular complexity index is 1430. The van der Waals surface area contributed by atoms with Gasteiger partial charge in [0.2, 0.25) is 0 Å². The molecule has 1 aliphatic heterocycles. The predicted octanol–water partition coefficient (Wildman–Crippen LogP) is 5.35. The maximum atomic E-state index is 6.41. The molecule has 5 aromatic rings. The number of para-hydroxylation sites is 1. The molecule has 0 saturated carbocycles. The summed E-state index contributed by atoms with van der Waals surface area (Å²) in [4.78, 5) is 4.58. The van der Waals surface area contributed by atoms with Crippen molar-refractivity contribution in [2.75, 3.05) is 0 Å². The second-order valence-electron chi connectivity index (χ2n) is 7.21. The number of aromatic nitrogens is 2. The number of aryl methyl sites for hydroxylation is 3. The van der Waals surface area contributed by atoms with Gasteiger partial charge in [-0.05, 0) is 42.6 Å². The Kier molecular flexibility index (Phi) is 2.65. The number of hydrogen-bond donors (Lipinski definition) is 0. The van der Waals surface area contributed by atoms with E-state index in [1.165, 1.54) is 5.56 Å². The standard InChI is InChI=1S/C23H17N2O2/c1-12-18-14-7-4-5-9-16(14)26-22(18)13(2)23-19(12)21-20-15(24-11-25(21)3)8-6-10-17(20)27-23/h4-11H,1-3H3/q+1. The van der Waals surface area contributed by atoms with Gasteiger partial charge >= 0.3 is 0 Å². The highest BCUT2D eigenvalue weighted by Crippen LogP contribution is 2.51. The number of rotatable bonds is 0. The Hall–Kier alpha value is -3.40. The van der Waals surface area contributed by atoms with Gasteiger partial charge in [-0.2, -0.15) is 0 Å². The number of benzene rings is 3. The van der Waals surface area contributed by atoms with Crippen LogP contribution in [0.4, 0.5) is 0 Å². The van der Waals surface area contributed by atoms with E-state index in [0.717, 1.165) is 61.2 Å². The van der Waals surface area contributed by atoms with Crippen LogP contribution < -0.4 is 9.30 Å². The highest BCUT2D eigenvalue weighted by atomic mass is 16.5. The molecule has 0 radical (unpaired) electrons. The lowest BCUT2D eigenvalue weighted by Gasteiger charge is -2.23. The minimum atomic E-state index is 0.844. The molecule has 0 fully saturated rings. The van der Waals surface area contributed by atoms with E-state index in [4.69, 9.17) is 9.15 Å². The first-order valence-corrected chi connectivity index (χ1v) is 9.05. The Labute approximate surface area is 155 Å². The minimum Gasteiger partial charge on any atom is -0.456 e. The molecule has 0 atom stereocenters. The average molecular weight is 353 g/mol. The fourth-order valence-electron chi connectivity index (χ4n) is 4.42. The van der Waals surface area contributed by atoms with Crippen molar-refractivity contribution in [3.63, 3.8) is 0 Å². The Balaban J connectivity index is 1.89. The molecule has 0 amide bonds. The fraction of sp³-hybridized carbons (Fsp3) is 0.130. The summed E-state index contributed by atoms with van der Waals surface area (Å²) in [6.07, 6.45) is 1.88. The van der Waals surface area contributed by atoms with E-state index >= 15 is 0 Å². The van der Waals surface area contributed by atoms with E-state index in [9.17, 15) is 0 Å². The summed E-state index contributed by atoms with van der Waals surface area (Å²) >= 11 is 0. The molecule has 1 aliphatic rings. The van der Waals surface area contributed by atoms with Crippen LogP contribution in [0.5, 0.6) is 11.5 Å². The lowest BCUT2D eigenvalue weighted by atomic mass is 9.91. The van der Waals surface area contributed by atoms with Crippen molar-refractivity contribution in [3.05, 3.63) is 59.9 Å². The molecule has 4 heteroatoms. The number of ether oxygens (including phenoxy) is 1. The van der Waals surface area contributed by atoms with Crippen molar-refractivity contribution in [1.82, 2.24) is 4.98 Å². The summed E-state index contributed by atoms with van der Waals surface area (Å²) in [7, 11) is 2.04. The zero-order valence-corrected chi connectivity index (χ0v) is 15.3. The van der Waals surface area contributed by atoms with E-state index in [1.807, 2.05) is 43.7 Å². The van der Waals surface area contributed by atoms with Crippen molar-refractivity contribution >= 4 is 32.8 Å². The molecule has 0 saturated heterocycles. The Morgan fingerprint density at radius 1 is 0.926 bits per heavy atom. The van der Waals surface area contributed by atoms with E-state index < -0.39 is 0 Å². The third kappa shape index (κ3) is 1.72. The molecule has 2 aromatic heterocycles.